The number of hydrogen-bond donors (Lipinski definition) is 5. The number of nitrogens with one attached hydrogen (secondary N) is 2. The quantitative estimate of drug-likeness (QED) is 0.238. The van der Waals surface area contributed by atoms with Crippen LogP contribution in [0.5, 0.6) is 0 Å². The Morgan fingerprint density at radius 2 is 1.89 bits per heavy atom. The summed E-state index contributed by atoms with van der Waals surface area (Å²) in [6.45, 7) is 0.105. The molecule has 0 aromatic carbocycles. The lowest BCUT2D eigenvalue weighted by molar-refractivity contribution is -0.133. The van der Waals surface area contributed by atoms with Crippen LogP contribution in [0.3, 0.4) is 0 Å². The van der Waals surface area contributed by atoms with Crippen molar-refractivity contribution in [1.82, 2.24) is 29.7 Å². The molecule has 10 nitrogen and oxygen atoms in total. The first kappa shape index (κ1) is 23.9. The van der Waals surface area contributed by atoms with Crippen LogP contribution >= 0.6 is 0 Å². The van der Waals surface area contributed by atoms with Gasteiger partial charge in [0.1, 0.15) is 17.2 Å². The zero-order chi connectivity index (χ0) is 25.7. The maximum Gasteiger partial charge on any atom is 0.191 e. The number of nitrogens with zero attached hydrogens (tertiary/aromatic N) is 5. The molecule has 3 aliphatic carbocycles. The van der Waals surface area contributed by atoms with Gasteiger partial charge in [-0.1, -0.05) is 0 Å². The number of rotatable bonds is 7. The number of halogens is 2. The minimum Gasteiger partial charge on any atom is -0.394 e. The molecule has 2 atom stereocenters. The number of aromatic nitrogens is 6. The van der Waals surface area contributed by atoms with Crippen molar-refractivity contribution in [1.29, 1.82) is 0 Å². The lowest BCUT2D eigenvalue weighted by atomic mass is 9.61. The van der Waals surface area contributed by atoms with Crippen LogP contribution < -0.4 is 5.32 Å². The molecule has 2 bridgehead atoms. The Hall–Kier alpha value is -3.48. The van der Waals surface area contributed by atoms with Crippen LogP contribution in [-0.2, 0) is 6.54 Å². The summed E-state index contributed by atoms with van der Waals surface area (Å²) in [5.41, 5.74) is 1.24. The van der Waals surface area contributed by atoms with E-state index in [4.69, 9.17) is 0 Å². The molecule has 2 unspecified atom stereocenters. The van der Waals surface area contributed by atoms with Crippen molar-refractivity contribution in [3.63, 3.8) is 0 Å². The fourth-order valence-corrected chi connectivity index (χ4v) is 6.03. The van der Waals surface area contributed by atoms with Gasteiger partial charge in [-0.05, 0) is 43.6 Å². The predicted octanol–water partition coefficient (Wildman–Crippen LogP) is 2.68. The van der Waals surface area contributed by atoms with E-state index in [-0.39, 0.29) is 48.4 Å². The van der Waals surface area contributed by atoms with Crippen molar-refractivity contribution in [2.75, 3.05) is 11.9 Å². The molecule has 4 aromatic rings. The number of fused-ring (bicyclic) bond motifs is 4. The molecule has 194 valence electrons. The molecular weight excluding hydrogens is 484 g/mol. The lowest BCUT2D eigenvalue weighted by Gasteiger charge is -2.49. The highest BCUT2D eigenvalue weighted by Crippen LogP contribution is 2.47. The number of anilines is 1. The van der Waals surface area contributed by atoms with Crippen LogP contribution in [0.4, 0.5) is 14.6 Å². The van der Waals surface area contributed by atoms with Gasteiger partial charge >= 0.3 is 0 Å². The molecule has 3 saturated carbocycles. The van der Waals surface area contributed by atoms with Crippen molar-refractivity contribution in [2.45, 2.75) is 44.6 Å². The molecule has 3 aliphatic rings. The summed E-state index contributed by atoms with van der Waals surface area (Å²) < 4.78 is 31.5. The highest BCUT2D eigenvalue weighted by Gasteiger charge is 2.47. The third-order valence-corrected chi connectivity index (χ3v) is 7.76. The SMILES string of the molecule is OCCn1cc(-c2nc(-c3c[nH]c4ncc(F)cc34)nc(NC3C4CCC(CC4)C3C(O)O)c2F)cn1. The monoisotopic (exact) mass is 511 g/mol. The Morgan fingerprint density at radius 3 is 2.65 bits per heavy atom. The Labute approximate surface area is 210 Å². The van der Waals surface area contributed by atoms with Gasteiger partial charge < -0.3 is 25.6 Å². The van der Waals surface area contributed by atoms with E-state index in [2.05, 4.69) is 30.4 Å². The highest BCUT2D eigenvalue weighted by atomic mass is 19.1. The molecule has 5 N–H and O–H groups in total. The fourth-order valence-electron chi connectivity index (χ4n) is 6.03. The van der Waals surface area contributed by atoms with Crippen LogP contribution in [0.25, 0.3) is 33.7 Å². The number of H-pyrrole nitrogens is 1. The molecule has 37 heavy (non-hydrogen) atoms. The Balaban J connectivity index is 1.48. The Bertz CT molecular complexity index is 1430. The first-order valence-electron chi connectivity index (χ1n) is 12.4. The van der Waals surface area contributed by atoms with Gasteiger partial charge in [-0.2, -0.15) is 5.10 Å². The normalized spacial score (nSPS) is 23.3. The molecule has 3 fully saturated rings. The van der Waals surface area contributed by atoms with E-state index in [1.54, 1.807) is 12.4 Å². The van der Waals surface area contributed by atoms with Crippen molar-refractivity contribution < 1.29 is 24.1 Å². The van der Waals surface area contributed by atoms with Gasteiger partial charge in [0, 0.05) is 40.9 Å². The van der Waals surface area contributed by atoms with Crippen molar-refractivity contribution in [3.8, 4) is 22.6 Å². The third-order valence-electron chi connectivity index (χ3n) is 7.76. The summed E-state index contributed by atoms with van der Waals surface area (Å²) in [6.07, 6.45) is 7.84. The van der Waals surface area contributed by atoms with Crippen LogP contribution in [0.15, 0.2) is 30.9 Å². The summed E-state index contributed by atoms with van der Waals surface area (Å²) in [5.74, 6) is -1.33. The van der Waals surface area contributed by atoms with Gasteiger partial charge in [0.15, 0.2) is 23.7 Å². The molecule has 12 heteroatoms. The summed E-state index contributed by atoms with van der Waals surface area (Å²) in [6, 6.07) is 0.933. The molecular formula is C25H27F2N7O3. The topological polar surface area (TPSA) is 145 Å². The van der Waals surface area contributed by atoms with E-state index >= 15 is 4.39 Å². The summed E-state index contributed by atoms with van der Waals surface area (Å²) >= 11 is 0. The molecule has 0 spiro atoms. The molecule has 0 aliphatic heterocycles. The maximum atomic E-state index is 16.0. The first-order valence-corrected chi connectivity index (χ1v) is 12.4. The Kier molecular flexibility index (Phi) is 6.09. The zero-order valence-corrected chi connectivity index (χ0v) is 19.8. The smallest absolute Gasteiger partial charge is 0.191 e. The molecule has 4 heterocycles. The fraction of sp³-hybridized carbons (Fsp3) is 0.440. The molecule has 0 saturated heterocycles. The first-order chi connectivity index (χ1) is 17.9. The van der Waals surface area contributed by atoms with E-state index in [0.717, 1.165) is 31.9 Å². The third kappa shape index (κ3) is 4.24. The van der Waals surface area contributed by atoms with Crippen LogP contribution in [0, 0.1) is 29.4 Å². The molecule has 4 aromatic heterocycles. The average Bonchev–Trinajstić information content (AvgIpc) is 3.53. The van der Waals surface area contributed by atoms with E-state index in [1.165, 1.54) is 16.9 Å². The second-order valence-electron chi connectivity index (χ2n) is 9.86. The van der Waals surface area contributed by atoms with E-state index in [1.807, 2.05) is 0 Å². The van der Waals surface area contributed by atoms with Gasteiger partial charge in [-0.25, -0.2) is 23.7 Å². The number of aliphatic hydroxyl groups is 3. The standard InChI is InChI=1S/C25H27F2N7O3/c26-15-7-16-17(10-29-22(16)28-9-15)23-32-21(14-8-30-34(11-14)5-6-35)19(27)24(33-23)31-20-13-3-1-12(2-4-13)18(20)25(36)37/h7-13,18,20,25,35-37H,1-6H2,(H,28,29)(H,31,32,33). The number of pyridine rings is 1. The van der Waals surface area contributed by atoms with Crippen LogP contribution in [0.1, 0.15) is 25.7 Å². The highest BCUT2D eigenvalue weighted by molar-refractivity contribution is 5.92. The largest absolute Gasteiger partial charge is 0.394 e. The predicted molar refractivity (Wildman–Crippen MR) is 130 cm³/mol. The second-order valence-corrected chi connectivity index (χ2v) is 9.86. The van der Waals surface area contributed by atoms with E-state index in [9.17, 15) is 19.7 Å². The maximum absolute atomic E-state index is 16.0. The van der Waals surface area contributed by atoms with Gasteiger partial charge in [0.05, 0.1) is 25.5 Å². The zero-order valence-electron chi connectivity index (χ0n) is 19.8. The van der Waals surface area contributed by atoms with Crippen molar-refractivity contribution >= 4 is 16.9 Å². The number of hydrogen-bond acceptors (Lipinski definition) is 8. The van der Waals surface area contributed by atoms with E-state index < -0.39 is 23.8 Å². The summed E-state index contributed by atoms with van der Waals surface area (Å²) in [5, 5.41) is 37.4. The minimum absolute atomic E-state index is 0.0162. The van der Waals surface area contributed by atoms with Crippen molar-refractivity contribution in [2.24, 2.45) is 17.8 Å². The molecule has 7 rings (SSSR count). The van der Waals surface area contributed by atoms with Crippen LogP contribution in [-0.4, -0.2) is 64.0 Å². The summed E-state index contributed by atoms with van der Waals surface area (Å²) in [4.78, 5) is 16.0. The molecule has 0 radical (unpaired) electrons. The minimum atomic E-state index is -1.53. The molecule has 0 amide bonds. The number of aromatic amines is 1. The Morgan fingerprint density at radius 1 is 1.11 bits per heavy atom. The van der Waals surface area contributed by atoms with Crippen molar-refractivity contribution in [3.05, 3.63) is 42.5 Å². The van der Waals surface area contributed by atoms with Gasteiger partial charge in [-0.3, -0.25) is 4.68 Å². The lowest BCUT2D eigenvalue weighted by Crippen LogP contribution is -2.53. The van der Waals surface area contributed by atoms with Gasteiger partial charge in [0.2, 0.25) is 0 Å². The average molecular weight is 512 g/mol. The second kappa shape index (κ2) is 9.43. The summed E-state index contributed by atoms with van der Waals surface area (Å²) in [7, 11) is 0. The van der Waals surface area contributed by atoms with Gasteiger partial charge in [0.25, 0.3) is 0 Å². The van der Waals surface area contributed by atoms with E-state index in [0.29, 0.717) is 22.2 Å². The van der Waals surface area contributed by atoms with Gasteiger partial charge in [-0.15, -0.1) is 0 Å². The van der Waals surface area contributed by atoms with Crippen LogP contribution in [0.2, 0.25) is 0 Å². The number of aliphatic hydroxyl groups excluding tert-OH is 2.